The lowest BCUT2D eigenvalue weighted by Gasteiger charge is -2.07. The lowest BCUT2D eigenvalue weighted by molar-refractivity contribution is -0.119. The molecule has 1 heterocycles. The predicted octanol–water partition coefficient (Wildman–Crippen LogP) is 2.93. The Hall–Kier alpha value is -1.94. The first-order valence-corrected chi connectivity index (χ1v) is 8.35. The van der Waals surface area contributed by atoms with Crippen LogP contribution in [0.1, 0.15) is 20.0 Å². The van der Waals surface area contributed by atoms with Crippen LogP contribution in [0.15, 0.2) is 35.7 Å². The summed E-state index contributed by atoms with van der Waals surface area (Å²) in [5.41, 5.74) is 0.696. The van der Waals surface area contributed by atoms with Crippen molar-refractivity contribution in [1.82, 2.24) is 0 Å². The SMILES string of the molecule is COC(=O)c1sccc1NC(=O)COC(=O)c1ccc(I)cc1. The third-order valence-electron chi connectivity index (χ3n) is 2.72. The van der Waals surface area contributed by atoms with Crippen LogP contribution in [0.5, 0.6) is 0 Å². The molecule has 0 radical (unpaired) electrons. The van der Waals surface area contributed by atoms with E-state index in [9.17, 15) is 14.4 Å². The number of thiophene rings is 1. The van der Waals surface area contributed by atoms with Crippen molar-refractivity contribution in [2.75, 3.05) is 19.0 Å². The summed E-state index contributed by atoms with van der Waals surface area (Å²) in [6.07, 6.45) is 0. The Morgan fingerprint density at radius 1 is 1.13 bits per heavy atom. The first kappa shape index (κ1) is 17.4. The zero-order chi connectivity index (χ0) is 16.8. The van der Waals surface area contributed by atoms with Crippen molar-refractivity contribution in [3.8, 4) is 0 Å². The van der Waals surface area contributed by atoms with Gasteiger partial charge in [-0.1, -0.05) is 0 Å². The third-order valence-corrected chi connectivity index (χ3v) is 4.34. The van der Waals surface area contributed by atoms with Crippen LogP contribution in [-0.4, -0.2) is 31.6 Å². The molecule has 0 aliphatic carbocycles. The summed E-state index contributed by atoms with van der Waals surface area (Å²) in [6, 6.07) is 8.36. The lowest BCUT2D eigenvalue weighted by atomic mass is 10.2. The molecule has 0 unspecified atom stereocenters. The highest BCUT2D eigenvalue weighted by Crippen LogP contribution is 2.23. The first-order chi connectivity index (χ1) is 11.0. The summed E-state index contributed by atoms with van der Waals surface area (Å²) < 4.78 is 10.5. The van der Waals surface area contributed by atoms with Gasteiger partial charge in [0.05, 0.1) is 18.4 Å². The quantitative estimate of drug-likeness (QED) is 0.566. The Morgan fingerprint density at radius 3 is 2.48 bits per heavy atom. The molecule has 120 valence electrons. The molecule has 0 saturated carbocycles. The minimum Gasteiger partial charge on any atom is -0.465 e. The molecule has 23 heavy (non-hydrogen) atoms. The Morgan fingerprint density at radius 2 is 1.83 bits per heavy atom. The summed E-state index contributed by atoms with van der Waals surface area (Å²) in [5.74, 6) is -1.66. The number of anilines is 1. The number of methoxy groups -OCH3 is 1. The van der Waals surface area contributed by atoms with E-state index in [1.165, 1.54) is 7.11 Å². The molecular weight excluding hydrogens is 433 g/mol. The number of amides is 1. The molecule has 1 aromatic heterocycles. The van der Waals surface area contributed by atoms with Gasteiger partial charge in [0.15, 0.2) is 6.61 Å². The van der Waals surface area contributed by atoms with E-state index in [-0.39, 0.29) is 4.88 Å². The van der Waals surface area contributed by atoms with E-state index in [4.69, 9.17) is 4.74 Å². The molecular formula is C15H12INO5S. The number of nitrogens with one attached hydrogen (secondary N) is 1. The highest BCUT2D eigenvalue weighted by Gasteiger charge is 2.16. The maximum Gasteiger partial charge on any atom is 0.350 e. The Labute approximate surface area is 149 Å². The Bertz CT molecular complexity index is 726. The van der Waals surface area contributed by atoms with Crippen LogP contribution < -0.4 is 5.32 Å². The summed E-state index contributed by atoms with van der Waals surface area (Å²) in [4.78, 5) is 35.4. The fourth-order valence-electron chi connectivity index (χ4n) is 1.65. The van der Waals surface area contributed by atoms with Crippen LogP contribution in [0.4, 0.5) is 5.69 Å². The minimum atomic E-state index is -0.588. The number of carbonyl (C=O) groups excluding carboxylic acids is 3. The number of hydrogen-bond donors (Lipinski definition) is 1. The topological polar surface area (TPSA) is 81.7 Å². The van der Waals surface area contributed by atoms with E-state index in [0.29, 0.717) is 11.3 Å². The molecule has 0 spiro atoms. The van der Waals surface area contributed by atoms with Gasteiger partial charge < -0.3 is 14.8 Å². The van der Waals surface area contributed by atoms with E-state index in [1.807, 2.05) is 0 Å². The minimum absolute atomic E-state index is 0.282. The molecule has 1 N–H and O–H groups in total. The van der Waals surface area contributed by atoms with Crippen molar-refractivity contribution in [2.45, 2.75) is 0 Å². The van der Waals surface area contributed by atoms with Gasteiger partial charge in [-0.25, -0.2) is 9.59 Å². The van der Waals surface area contributed by atoms with Crippen LogP contribution in [0.25, 0.3) is 0 Å². The van der Waals surface area contributed by atoms with Crippen molar-refractivity contribution >= 4 is 57.5 Å². The molecule has 0 bridgehead atoms. The van der Waals surface area contributed by atoms with Gasteiger partial charge in [-0.15, -0.1) is 11.3 Å². The van der Waals surface area contributed by atoms with E-state index in [2.05, 4.69) is 32.6 Å². The highest BCUT2D eigenvalue weighted by atomic mass is 127. The summed E-state index contributed by atoms with van der Waals surface area (Å²) in [6.45, 7) is -0.443. The number of ether oxygens (including phenoxy) is 2. The van der Waals surface area contributed by atoms with E-state index >= 15 is 0 Å². The molecule has 0 atom stereocenters. The summed E-state index contributed by atoms with van der Waals surface area (Å²) in [7, 11) is 1.26. The average Bonchev–Trinajstić information content (AvgIpc) is 3.00. The van der Waals surface area contributed by atoms with Gasteiger partial charge in [0.1, 0.15) is 4.88 Å². The van der Waals surface area contributed by atoms with Gasteiger partial charge in [-0.3, -0.25) is 4.79 Å². The summed E-state index contributed by atoms with van der Waals surface area (Å²) >= 11 is 3.27. The van der Waals surface area contributed by atoms with Crippen LogP contribution >= 0.6 is 33.9 Å². The normalized spacial score (nSPS) is 10.0. The van der Waals surface area contributed by atoms with Gasteiger partial charge in [0.25, 0.3) is 5.91 Å². The Kier molecular flexibility index (Phi) is 6.11. The molecule has 0 fully saturated rings. The smallest absolute Gasteiger partial charge is 0.350 e. The lowest BCUT2D eigenvalue weighted by Crippen LogP contribution is -2.21. The molecule has 2 aromatic rings. The number of benzene rings is 1. The van der Waals surface area contributed by atoms with Crippen molar-refractivity contribution < 1.29 is 23.9 Å². The summed E-state index contributed by atoms with van der Waals surface area (Å²) in [5, 5.41) is 4.17. The number of esters is 2. The van der Waals surface area contributed by atoms with Crippen LogP contribution in [-0.2, 0) is 14.3 Å². The molecule has 0 saturated heterocycles. The fraction of sp³-hybridized carbons (Fsp3) is 0.133. The average molecular weight is 445 g/mol. The standard InChI is InChI=1S/C15H12INO5S/c1-21-15(20)13-11(6-7-23-13)17-12(18)8-22-14(19)9-2-4-10(16)5-3-9/h2-7H,8H2,1H3,(H,17,18). The van der Waals surface area contributed by atoms with Gasteiger partial charge in [-0.05, 0) is 58.3 Å². The van der Waals surface area contributed by atoms with Crippen LogP contribution in [0.3, 0.4) is 0 Å². The van der Waals surface area contributed by atoms with Gasteiger partial charge >= 0.3 is 11.9 Å². The largest absolute Gasteiger partial charge is 0.465 e. The van der Waals surface area contributed by atoms with Crippen molar-refractivity contribution in [3.63, 3.8) is 0 Å². The number of rotatable bonds is 5. The highest BCUT2D eigenvalue weighted by molar-refractivity contribution is 14.1. The maximum absolute atomic E-state index is 11.8. The first-order valence-electron chi connectivity index (χ1n) is 6.39. The molecule has 0 aliphatic rings. The number of hydrogen-bond acceptors (Lipinski definition) is 6. The monoisotopic (exact) mass is 445 g/mol. The fourth-order valence-corrected chi connectivity index (χ4v) is 2.77. The van der Waals surface area contributed by atoms with Gasteiger partial charge in [0.2, 0.25) is 0 Å². The predicted molar refractivity (Wildman–Crippen MR) is 93.7 cm³/mol. The van der Waals surface area contributed by atoms with E-state index in [1.54, 1.807) is 35.7 Å². The molecule has 6 nitrogen and oxygen atoms in total. The number of carbonyl (C=O) groups is 3. The maximum atomic E-state index is 11.8. The second-order valence-corrected chi connectivity index (χ2v) is 6.45. The van der Waals surface area contributed by atoms with E-state index < -0.39 is 24.5 Å². The van der Waals surface area contributed by atoms with Gasteiger partial charge in [0, 0.05) is 3.57 Å². The second kappa shape index (κ2) is 8.06. The van der Waals surface area contributed by atoms with Gasteiger partial charge in [-0.2, -0.15) is 0 Å². The zero-order valence-electron chi connectivity index (χ0n) is 12.0. The molecule has 1 amide bonds. The molecule has 8 heteroatoms. The van der Waals surface area contributed by atoms with E-state index in [0.717, 1.165) is 14.9 Å². The van der Waals surface area contributed by atoms with Crippen molar-refractivity contribution in [2.24, 2.45) is 0 Å². The third kappa shape index (κ3) is 4.76. The number of halogens is 1. The van der Waals surface area contributed by atoms with Crippen molar-refractivity contribution in [3.05, 3.63) is 49.7 Å². The van der Waals surface area contributed by atoms with Crippen LogP contribution in [0.2, 0.25) is 0 Å². The molecule has 2 rings (SSSR count). The van der Waals surface area contributed by atoms with Crippen LogP contribution in [0, 0.1) is 3.57 Å². The molecule has 0 aliphatic heterocycles. The second-order valence-electron chi connectivity index (χ2n) is 4.29. The zero-order valence-corrected chi connectivity index (χ0v) is 15.0. The Balaban J connectivity index is 1.90. The molecule has 1 aromatic carbocycles. The van der Waals surface area contributed by atoms with Crippen molar-refractivity contribution in [1.29, 1.82) is 0 Å².